The molecule has 0 fully saturated rings. The highest BCUT2D eigenvalue weighted by molar-refractivity contribution is 6.05. The van der Waals surface area contributed by atoms with Gasteiger partial charge in [0, 0.05) is 11.5 Å². The highest BCUT2D eigenvalue weighted by Gasteiger charge is 2.17. The van der Waals surface area contributed by atoms with Crippen molar-refractivity contribution in [3.05, 3.63) is 39.7 Å². The Hall–Kier alpha value is -2.30. The molecule has 0 atom stereocenters. The van der Waals surface area contributed by atoms with Crippen molar-refractivity contribution in [3.8, 4) is 5.75 Å². The summed E-state index contributed by atoms with van der Waals surface area (Å²) >= 11 is 0. The van der Waals surface area contributed by atoms with Crippen molar-refractivity contribution < 1.29 is 14.6 Å². The Morgan fingerprint density at radius 1 is 1.33 bits per heavy atom. The van der Waals surface area contributed by atoms with Gasteiger partial charge in [-0.25, -0.2) is 4.79 Å². The Balaban J connectivity index is 2.65. The molecule has 0 saturated carbocycles. The van der Waals surface area contributed by atoms with Crippen LogP contribution in [0.15, 0.2) is 23.0 Å². The van der Waals surface area contributed by atoms with Crippen LogP contribution in [0.5, 0.6) is 5.75 Å². The molecule has 0 spiro atoms. The van der Waals surface area contributed by atoms with Crippen LogP contribution in [0.25, 0.3) is 10.9 Å². The van der Waals surface area contributed by atoms with Crippen molar-refractivity contribution in [1.82, 2.24) is 4.98 Å². The third-order valence-electron chi connectivity index (χ3n) is 3.55. The smallest absolute Gasteiger partial charge is 0.341 e. The quantitative estimate of drug-likeness (QED) is 0.801. The third-order valence-corrected chi connectivity index (χ3v) is 3.55. The van der Waals surface area contributed by atoms with E-state index in [1.807, 2.05) is 0 Å². The Morgan fingerprint density at radius 2 is 2.10 bits per heavy atom. The van der Waals surface area contributed by atoms with Crippen molar-refractivity contribution >= 4 is 16.9 Å². The normalized spacial score (nSPS) is 10.8. The summed E-state index contributed by atoms with van der Waals surface area (Å²) in [5.74, 6) is -0.866. The minimum Gasteiger partial charge on any atom is -0.496 e. The number of unbranched alkanes of at least 4 members (excludes halogenated alkanes) is 2. The second-order valence-electron chi connectivity index (χ2n) is 4.99. The van der Waals surface area contributed by atoms with E-state index in [9.17, 15) is 14.7 Å². The van der Waals surface area contributed by atoms with E-state index < -0.39 is 5.97 Å². The molecule has 5 nitrogen and oxygen atoms in total. The zero-order valence-corrected chi connectivity index (χ0v) is 12.2. The van der Waals surface area contributed by atoms with Gasteiger partial charge in [0.25, 0.3) is 0 Å². The number of aromatic amines is 1. The first kappa shape index (κ1) is 15.1. The molecule has 0 radical (unpaired) electrons. The van der Waals surface area contributed by atoms with Crippen LogP contribution < -0.4 is 10.3 Å². The molecule has 1 aromatic heterocycles. The number of fused-ring (bicyclic) bond motifs is 1. The highest BCUT2D eigenvalue weighted by Crippen LogP contribution is 2.28. The van der Waals surface area contributed by atoms with E-state index in [1.54, 1.807) is 18.2 Å². The number of carboxylic acid groups (broad SMARTS) is 1. The van der Waals surface area contributed by atoms with Crippen LogP contribution >= 0.6 is 0 Å². The molecule has 2 N–H and O–H groups in total. The molecule has 0 aliphatic heterocycles. The van der Waals surface area contributed by atoms with Gasteiger partial charge in [-0.15, -0.1) is 0 Å². The Kier molecular flexibility index (Phi) is 4.62. The molecule has 0 aliphatic carbocycles. The van der Waals surface area contributed by atoms with Crippen molar-refractivity contribution in [1.29, 1.82) is 0 Å². The number of benzene rings is 1. The fourth-order valence-corrected chi connectivity index (χ4v) is 2.53. The van der Waals surface area contributed by atoms with Gasteiger partial charge in [-0.05, 0) is 30.5 Å². The van der Waals surface area contributed by atoms with Gasteiger partial charge in [-0.2, -0.15) is 0 Å². The predicted octanol–water partition coefficient (Wildman–Crippen LogP) is 2.97. The van der Waals surface area contributed by atoms with Crippen LogP contribution in [0, 0.1) is 0 Å². The summed E-state index contributed by atoms with van der Waals surface area (Å²) in [5.41, 5.74) is 0.933. The van der Waals surface area contributed by atoms with Crippen LogP contribution in [0.4, 0.5) is 0 Å². The number of aryl methyl sites for hydroxylation is 1. The van der Waals surface area contributed by atoms with Gasteiger partial charge < -0.3 is 14.8 Å². The number of methoxy groups -OCH3 is 1. The minimum absolute atomic E-state index is 0.00411. The van der Waals surface area contributed by atoms with Gasteiger partial charge in [-0.1, -0.05) is 19.8 Å². The van der Waals surface area contributed by atoms with Gasteiger partial charge in [0.05, 0.1) is 12.6 Å². The molecule has 21 heavy (non-hydrogen) atoms. The third kappa shape index (κ3) is 3.07. The van der Waals surface area contributed by atoms with Crippen molar-refractivity contribution in [2.45, 2.75) is 32.6 Å². The van der Waals surface area contributed by atoms with Gasteiger partial charge in [0.15, 0.2) is 0 Å². The molecular formula is C16H19NO4. The summed E-state index contributed by atoms with van der Waals surface area (Å²) < 4.78 is 5.09. The first-order chi connectivity index (χ1) is 10.1. The van der Waals surface area contributed by atoms with E-state index in [0.717, 1.165) is 36.6 Å². The zero-order valence-electron chi connectivity index (χ0n) is 12.2. The molecular weight excluding hydrogens is 270 g/mol. The summed E-state index contributed by atoms with van der Waals surface area (Å²) in [7, 11) is 1.41. The monoisotopic (exact) mass is 289 g/mol. The summed E-state index contributed by atoms with van der Waals surface area (Å²) in [4.78, 5) is 25.9. The van der Waals surface area contributed by atoms with Crippen molar-refractivity contribution in [2.24, 2.45) is 0 Å². The molecule has 1 heterocycles. The average Bonchev–Trinajstić information content (AvgIpc) is 2.45. The average molecular weight is 289 g/mol. The van der Waals surface area contributed by atoms with E-state index in [-0.39, 0.29) is 16.9 Å². The molecule has 1 aromatic carbocycles. The second-order valence-corrected chi connectivity index (χ2v) is 4.99. The van der Waals surface area contributed by atoms with E-state index in [1.165, 1.54) is 7.11 Å². The summed E-state index contributed by atoms with van der Waals surface area (Å²) in [5, 5.41) is 10.2. The number of hydrogen-bond acceptors (Lipinski definition) is 3. The Labute approximate surface area is 122 Å². The number of carbonyl (C=O) groups is 1. The van der Waals surface area contributed by atoms with Gasteiger partial charge in [-0.3, -0.25) is 4.79 Å². The topological polar surface area (TPSA) is 79.4 Å². The molecule has 0 bridgehead atoms. The lowest BCUT2D eigenvalue weighted by atomic mass is 10.00. The number of aromatic carboxylic acids is 1. The minimum atomic E-state index is -1.11. The van der Waals surface area contributed by atoms with E-state index in [2.05, 4.69) is 11.9 Å². The van der Waals surface area contributed by atoms with Crippen LogP contribution in [0.1, 0.15) is 42.1 Å². The molecule has 0 saturated heterocycles. The molecule has 0 amide bonds. The van der Waals surface area contributed by atoms with Crippen LogP contribution in [-0.4, -0.2) is 23.2 Å². The number of nitrogens with one attached hydrogen (secondary N) is 1. The fraction of sp³-hybridized carbons (Fsp3) is 0.375. The molecule has 2 aromatic rings. The number of H-pyrrole nitrogens is 1. The number of pyridine rings is 1. The molecule has 0 aliphatic rings. The summed E-state index contributed by atoms with van der Waals surface area (Å²) in [6.07, 6.45) is 3.91. The van der Waals surface area contributed by atoms with Gasteiger partial charge >= 0.3 is 5.97 Å². The van der Waals surface area contributed by atoms with Crippen molar-refractivity contribution in [3.63, 3.8) is 0 Å². The standard InChI is InChI=1S/C16H19NO4/c1-3-4-5-6-10-9-13(18)17-15-11(10)7-8-12(21-2)14(15)16(19)20/h7-9H,3-6H2,1-2H3,(H,17,18)(H,19,20). The number of carboxylic acids is 1. The predicted molar refractivity (Wildman–Crippen MR) is 81.3 cm³/mol. The largest absolute Gasteiger partial charge is 0.496 e. The number of aromatic nitrogens is 1. The van der Waals surface area contributed by atoms with E-state index in [0.29, 0.717) is 5.52 Å². The van der Waals surface area contributed by atoms with E-state index in [4.69, 9.17) is 4.74 Å². The number of ether oxygens (including phenoxy) is 1. The summed E-state index contributed by atoms with van der Waals surface area (Å²) in [6, 6.07) is 4.99. The first-order valence-corrected chi connectivity index (χ1v) is 7.04. The van der Waals surface area contributed by atoms with Crippen LogP contribution in [0.3, 0.4) is 0 Å². The lowest BCUT2D eigenvalue weighted by Gasteiger charge is -2.11. The Bertz CT molecular complexity index is 718. The zero-order chi connectivity index (χ0) is 15.4. The molecule has 5 heteroatoms. The van der Waals surface area contributed by atoms with Gasteiger partial charge in [0.1, 0.15) is 11.3 Å². The van der Waals surface area contributed by atoms with Crippen molar-refractivity contribution in [2.75, 3.05) is 7.11 Å². The second kappa shape index (κ2) is 6.43. The summed E-state index contributed by atoms with van der Waals surface area (Å²) in [6.45, 7) is 2.11. The molecule has 2 rings (SSSR count). The molecule has 112 valence electrons. The van der Waals surface area contributed by atoms with Crippen LogP contribution in [0.2, 0.25) is 0 Å². The van der Waals surface area contributed by atoms with Gasteiger partial charge in [0.2, 0.25) is 5.56 Å². The first-order valence-electron chi connectivity index (χ1n) is 7.04. The van der Waals surface area contributed by atoms with E-state index >= 15 is 0 Å². The number of rotatable bonds is 6. The fourth-order valence-electron chi connectivity index (χ4n) is 2.53. The number of hydrogen-bond donors (Lipinski definition) is 2. The molecule has 0 unspecified atom stereocenters. The maximum atomic E-state index is 11.8. The highest BCUT2D eigenvalue weighted by atomic mass is 16.5. The lowest BCUT2D eigenvalue weighted by molar-refractivity contribution is 0.0695. The van der Waals surface area contributed by atoms with Crippen LogP contribution in [-0.2, 0) is 6.42 Å². The lowest BCUT2D eigenvalue weighted by Crippen LogP contribution is -2.11. The SMILES string of the molecule is CCCCCc1cc(=O)[nH]c2c(C(=O)O)c(OC)ccc12. The maximum Gasteiger partial charge on any atom is 0.341 e. The Morgan fingerprint density at radius 3 is 2.71 bits per heavy atom. The maximum absolute atomic E-state index is 11.8.